The number of amides is 1. The summed E-state index contributed by atoms with van der Waals surface area (Å²) in [5.74, 6) is 0.570. The average molecular weight is 332 g/mol. The zero-order valence-corrected chi connectivity index (χ0v) is 14.1. The number of benzene rings is 1. The number of fused-ring (bicyclic) bond motifs is 1. The van der Waals surface area contributed by atoms with Crippen molar-refractivity contribution in [3.63, 3.8) is 0 Å². The molecule has 0 saturated carbocycles. The van der Waals surface area contributed by atoms with Crippen LogP contribution in [0.5, 0.6) is 0 Å². The predicted molar refractivity (Wildman–Crippen MR) is 88.0 cm³/mol. The Morgan fingerprint density at radius 1 is 1.17 bits per heavy atom. The van der Waals surface area contributed by atoms with Crippen LogP contribution in [0, 0.1) is 0 Å². The maximum atomic E-state index is 12.2. The molecule has 0 unspecified atom stereocenters. The molecule has 1 amide bonds. The Morgan fingerprint density at radius 2 is 1.87 bits per heavy atom. The van der Waals surface area contributed by atoms with Gasteiger partial charge < -0.3 is 4.74 Å². The second kappa shape index (κ2) is 5.81. The first kappa shape index (κ1) is 15.7. The van der Waals surface area contributed by atoms with Crippen LogP contribution in [-0.4, -0.2) is 26.6 Å². The highest BCUT2D eigenvalue weighted by Gasteiger charge is 2.31. The van der Waals surface area contributed by atoms with E-state index < -0.39 is 5.60 Å². The summed E-state index contributed by atoms with van der Waals surface area (Å²) in [6.07, 6.45) is -0.368. The Balaban J connectivity index is 1.86. The lowest BCUT2D eigenvalue weighted by Gasteiger charge is -2.23. The van der Waals surface area contributed by atoms with E-state index >= 15 is 0 Å². The van der Waals surface area contributed by atoms with E-state index in [1.807, 2.05) is 51.1 Å². The van der Waals surface area contributed by atoms with Crippen LogP contribution in [0.25, 0.3) is 11.4 Å². The van der Waals surface area contributed by atoms with Crippen LogP contribution in [0.15, 0.2) is 30.3 Å². The number of hydrogen-bond donors (Lipinski definition) is 0. The molecule has 3 rings (SSSR count). The third kappa shape index (κ3) is 3.45. The van der Waals surface area contributed by atoms with E-state index in [9.17, 15) is 4.79 Å². The molecule has 2 heterocycles. The van der Waals surface area contributed by atoms with Gasteiger partial charge in [0.05, 0.1) is 18.8 Å². The van der Waals surface area contributed by atoms with Crippen LogP contribution >= 0.6 is 11.6 Å². The number of halogens is 1. The van der Waals surface area contributed by atoms with Crippen molar-refractivity contribution in [3.8, 4) is 11.4 Å². The van der Waals surface area contributed by atoms with Gasteiger partial charge in [-0.15, -0.1) is 0 Å². The first-order valence-electron chi connectivity index (χ1n) is 7.42. The normalized spacial score (nSPS) is 13.8. The van der Waals surface area contributed by atoms with Gasteiger partial charge >= 0.3 is 6.09 Å². The Morgan fingerprint density at radius 3 is 2.52 bits per heavy atom. The Kier molecular flexibility index (Phi) is 3.98. The molecule has 0 atom stereocenters. The van der Waals surface area contributed by atoms with Crippen LogP contribution in [0.1, 0.15) is 32.0 Å². The van der Waals surface area contributed by atoms with Crippen LogP contribution in [0.3, 0.4) is 0 Å². The van der Waals surface area contributed by atoms with Gasteiger partial charge in [-0.2, -0.15) is 0 Å². The van der Waals surface area contributed by atoms with Crippen molar-refractivity contribution in [1.29, 1.82) is 0 Å². The third-order valence-electron chi connectivity index (χ3n) is 3.42. The van der Waals surface area contributed by atoms with E-state index in [-0.39, 0.29) is 6.09 Å². The Hall–Kier alpha value is -2.14. The number of aromatic nitrogens is 2. The van der Waals surface area contributed by atoms with Crippen molar-refractivity contribution in [3.05, 3.63) is 46.7 Å². The summed E-state index contributed by atoms with van der Waals surface area (Å²) in [6, 6.07) is 9.64. The van der Waals surface area contributed by atoms with E-state index in [4.69, 9.17) is 16.3 Å². The standard InChI is InChI=1S/C17H18ClN3O2/c1-17(2,3)23-16(22)21-9-12-13(10-21)19-15(20-14(12)18)11-7-5-4-6-8-11/h4-8H,9-10H2,1-3H3. The Labute approximate surface area is 140 Å². The summed E-state index contributed by atoms with van der Waals surface area (Å²) >= 11 is 6.30. The molecule has 0 aliphatic carbocycles. The molecule has 6 heteroatoms. The van der Waals surface area contributed by atoms with Gasteiger partial charge in [0.1, 0.15) is 10.8 Å². The van der Waals surface area contributed by atoms with Crippen molar-refractivity contribution in [2.75, 3.05) is 0 Å². The smallest absolute Gasteiger partial charge is 0.410 e. The number of rotatable bonds is 1. The second-order valence-electron chi connectivity index (χ2n) is 6.47. The summed E-state index contributed by atoms with van der Waals surface area (Å²) in [6.45, 7) is 6.28. The number of ether oxygens (including phenoxy) is 1. The molecule has 0 spiro atoms. The van der Waals surface area contributed by atoms with Gasteiger partial charge in [0, 0.05) is 11.1 Å². The summed E-state index contributed by atoms with van der Waals surface area (Å²) in [5.41, 5.74) is 1.93. The minimum Gasteiger partial charge on any atom is -0.444 e. The van der Waals surface area contributed by atoms with Crippen molar-refractivity contribution in [2.24, 2.45) is 0 Å². The molecule has 0 N–H and O–H groups in total. The Bertz CT molecular complexity index is 741. The van der Waals surface area contributed by atoms with E-state index in [0.29, 0.717) is 24.1 Å². The van der Waals surface area contributed by atoms with Crippen molar-refractivity contribution < 1.29 is 9.53 Å². The van der Waals surface area contributed by atoms with E-state index in [1.165, 1.54) is 0 Å². The molecule has 0 radical (unpaired) electrons. The molecule has 1 aromatic carbocycles. The number of hydrogen-bond acceptors (Lipinski definition) is 4. The van der Waals surface area contributed by atoms with Gasteiger partial charge in [0.15, 0.2) is 5.82 Å². The molecule has 0 fully saturated rings. The fourth-order valence-corrected chi connectivity index (χ4v) is 2.64. The van der Waals surface area contributed by atoms with Crippen LogP contribution in [-0.2, 0) is 17.8 Å². The maximum Gasteiger partial charge on any atom is 0.410 e. The first-order valence-corrected chi connectivity index (χ1v) is 7.80. The number of nitrogens with zero attached hydrogens (tertiary/aromatic N) is 3. The highest BCUT2D eigenvalue weighted by molar-refractivity contribution is 6.30. The lowest BCUT2D eigenvalue weighted by Crippen LogP contribution is -2.33. The van der Waals surface area contributed by atoms with Gasteiger partial charge in [-0.1, -0.05) is 41.9 Å². The summed E-state index contributed by atoms with van der Waals surface area (Å²) in [7, 11) is 0. The fourth-order valence-electron chi connectivity index (χ4n) is 2.39. The molecule has 1 aliphatic heterocycles. The summed E-state index contributed by atoms with van der Waals surface area (Å²) in [5, 5.41) is 0.389. The molecule has 2 aromatic rings. The largest absolute Gasteiger partial charge is 0.444 e. The predicted octanol–water partition coefficient (Wildman–Crippen LogP) is 4.05. The lowest BCUT2D eigenvalue weighted by atomic mass is 10.2. The molecular formula is C17H18ClN3O2. The molecule has 1 aliphatic rings. The van der Waals surface area contributed by atoms with Crippen molar-refractivity contribution >= 4 is 17.7 Å². The van der Waals surface area contributed by atoms with Crippen LogP contribution in [0.4, 0.5) is 4.79 Å². The molecule has 0 saturated heterocycles. The van der Waals surface area contributed by atoms with Gasteiger partial charge in [0.25, 0.3) is 0 Å². The van der Waals surface area contributed by atoms with Gasteiger partial charge in [-0.05, 0) is 20.8 Å². The molecule has 0 bridgehead atoms. The topological polar surface area (TPSA) is 55.3 Å². The molecule has 1 aromatic heterocycles. The SMILES string of the molecule is CC(C)(C)OC(=O)N1Cc2nc(-c3ccccc3)nc(Cl)c2C1. The van der Waals surface area contributed by atoms with Crippen LogP contribution in [0.2, 0.25) is 5.15 Å². The van der Waals surface area contributed by atoms with E-state index in [0.717, 1.165) is 16.8 Å². The van der Waals surface area contributed by atoms with Crippen molar-refractivity contribution in [1.82, 2.24) is 14.9 Å². The quantitative estimate of drug-likeness (QED) is 0.740. The highest BCUT2D eigenvalue weighted by Crippen LogP contribution is 2.30. The lowest BCUT2D eigenvalue weighted by molar-refractivity contribution is 0.0240. The third-order valence-corrected chi connectivity index (χ3v) is 3.73. The number of carbonyl (C=O) groups is 1. The minimum absolute atomic E-state index is 0.368. The second-order valence-corrected chi connectivity index (χ2v) is 6.82. The molecule has 23 heavy (non-hydrogen) atoms. The highest BCUT2D eigenvalue weighted by atomic mass is 35.5. The van der Waals surface area contributed by atoms with Gasteiger partial charge in [-0.3, -0.25) is 4.90 Å². The number of carbonyl (C=O) groups excluding carboxylic acids is 1. The van der Waals surface area contributed by atoms with Gasteiger partial charge in [-0.25, -0.2) is 14.8 Å². The van der Waals surface area contributed by atoms with E-state index in [2.05, 4.69) is 9.97 Å². The zero-order chi connectivity index (χ0) is 16.6. The first-order chi connectivity index (χ1) is 10.8. The summed E-state index contributed by atoms with van der Waals surface area (Å²) in [4.78, 5) is 22.7. The molecule has 120 valence electrons. The average Bonchev–Trinajstić information content (AvgIpc) is 2.91. The minimum atomic E-state index is -0.531. The molecule has 5 nitrogen and oxygen atoms in total. The summed E-state index contributed by atoms with van der Waals surface area (Å²) < 4.78 is 5.40. The van der Waals surface area contributed by atoms with E-state index in [1.54, 1.807) is 4.90 Å². The van der Waals surface area contributed by atoms with Crippen LogP contribution < -0.4 is 0 Å². The fraction of sp³-hybridized carbons (Fsp3) is 0.353. The monoisotopic (exact) mass is 331 g/mol. The zero-order valence-electron chi connectivity index (χ0n) is 13.3. The van der Waals surface area contributed by atoms with Crippen molar-refractivity contribution in [2.45, 2.75) is 39.5 Å². The molecular weight excluding hydrogens is 314 g/mol. The maximum absolute atomic E-state index is 12.2. The van der Waals surface area contributed by atoms with Gasteiger partial charge in [0.2, 0.25) is 0 Å².